The summed E-state index contributed by atoms with van der Waals surface area (Å²) in [5.41, 5.74) is 0. The Bertz CT molecular complexity index is 569. The van der Waals surface area contributed by atoms with E-state index in [2.05, 4.69) is 9.80 Å². The predicted octanol–water partition coefficient (Wildman–Crippen LogP) is 3.09. The Morgan fingerprint density at radius 2 is 2.09 bits per heavy atom. The standard InChI is InChI=1S/C18H26N2O2S/c1-23-12-16-6-7-17(22-16)18(21)20-10-14-4-5-15(11-20)19(9-14)8-13-2-3-13/h6-7,13-15H,2-5,8-12H2,1H3/t14-,15-/m0/s1. The van der Waals surface area contributed by atoms with E-state index in [9.17, 15) is 4.79 Å². The molecule has 23 heavy (non-hydrogen) atoms. The highest BCUT2D eigenvalue weighted by atomic mass is 32.2. The van der Waals surface area contributed by atoms with Gasteiger partial charge in [0, 0.05) is 32.2 Å². The molecule has 0 aromatic carbocycles. The van der Waals surface area contributed by atoms with Gasteiger partial charge in [-0.25, -0.2) is 0 Å². The highest BCUT2D eigenvalue weighted by molar-refractivity contribution is 7.97. The lowest BCUT2D eigenvalue weighted by Crippen LogP contribution is -2.45. The molecule has 2 bridgehead atoms. The minimum absolute atomic E-state index is 0.0857. The van der Waals surface area contributed by atoms with Crippen molar-refractivity contribution in [2.24, 2.45) is 11.8 Å². The number of thioether (sulfide) groups is 1. The molecular weight excluding hydrogens is 308 g/mol. The first-order chi connectivity index (χ1) is 11.2. The van der Waals surface area contributed by atoms with Crippen LogP contribution in [0.15, 0.2) is 16.5 Å². The van der Waals surface area contributed by atoms with Crippen molar-refractivity contribution in [3.05, 3.63) is 23.7 Å². The Morgan fingerprint density at radius 1 is 1.22 bits per heavy atom. The van der Waals surface area contributed by atoms with E-state index < -0.39 is 0 Å². The lowest BCUT2D eigenvalue weighted by molar-refractivity contribution is 0.0703. The summed E-state index contributed by atoms with van der Waals surface area (Å²) in [4.78, 5) is 17.6. The molecule has 5 rings (SSSR count). The van der Waals surface area contributed by atoms with Crippen LogP contribution in [0.1, 0.15) is 42.0 Å². The molecule has 1 aliphatic carbocycles. The van der Waals surface area contributed by atoms with Crippen LogP contribution in [0.4, 0.5) is 0 Å². The molecule has 0 unspecified atom stereocenters. The molecule has 5 heteroatoms. The molecule has 4 fully saturated rings. The fraction of sp³-hybridized carbons (Fsp3) is 0.722. The van der Waals surface area contributed by atoms with Gasteiger partial charge in [0.15, 0.2) is 5.76 Å². The molecule has 1 saturated carbocycles. The number of carbonyl (C=O) groups is 1. The van der Waals surface area contributed by atoms with E-state index in [0.717, 1.165) is 30.5 Å². The molecule has 1 aromatic rings. The fourth-order valence-corrected chi connectivity index (χ4v) is 4.51. The van der Waals surface area contributed by atoms with Crippen LogP contribution in [0.2, 0.25) is 0 Å². The zero-order valence-corrected chi connectivity index (χ0v) is 14.7. The normalized spacial score (nSPS) is 28.1. The molecule has 3 saturated heterocycles. The van der Waals surface area contributed by atoms with Crippen molar-refractivity contribution < 1.29 is 9.21 Å². The summed E-state index contributed by atoms with van der Waals surface area (Å²) in [6.07, 6.45) is 7.37. The third-order valence-electron chi connectivity index (χ3n) is 5.46. The first kappa shape index (κ1) is 15.6. The number of hydrogen-bond donors (Lipinski definition) is 0. The van der Waals surface area contributed by atoms with Crippen LogP contribution in [-0.2, 0) is 5.75 Å². The van der Waals surface area contributed by atoms with Crippen molar-refractivity contribution in [1.82, 2.24) is 9.80 Å². The van der Waals surface area contributed by atoms with E-state index in [0.29, 0.717) is 17.7 Å². The monoisotopic (exact) mass is 334 g/mol. The topological polar surface area (TPSA) is 36.7 Å². The van der Waals surface area contributed by atoms with E-state index in [-0.39, 0.29) is 5.91 Å². The van der Waals surface area contributed by atoms with E-state index >= 15 is 0 Å². The first-order valence-corrected chi connectivity index (χ1v) is 10.2. The van der Waals surface area contributed by atoms with Gasteiger partial charge in [0.25, 0.3) is 5.91 Å². The fourth-order valence-electron chi connectivity index (χ4n) is 4.07. The maximum atomic E-state index is 12.8. The molecule has 4 aliphatic rings. The molecular formula is C18H26N2O2S. The number of hydrogen-bond acceptors (Lipinski definition) is 4. The van der Waals surface area contributed by atoms with Crippen molar-refractivity contribution in [3.8, 4) is 0 Å². The van der Waals surface area contributed by atoms with Crippen LogP contribution in [0, 0.1) is 11.8 Å². The second-order valence-corrected chi connectivity index (χ2v) is 8.27. The molecule has 1 amide bonds. The molecule has 0 N–H and O–H groups in total. The molecule has 3 aliphatic heterocycles. The molecule has 4 nitrogen and oxygen atoms in total. The van der Waals surface area contributed by atoms with Crippen LogP contribution in [-0.4, -0.2) is 54.2 Å². The van der Waals surface area contributed by atoms with Crippen molar-refractivity contribution in [3.63, 3.8) is 0 Å². The van der Waals surface area contributed by atoms with Gasteiger partial charge >= 0.3 is 0 Å². The summed E-state index contributed by atoms with van der Waals surface area (Å²) in [5.74, 6) is 3.89. The van der Waals surface area contributed by atoms with Gasteiger partial charge in [0.2, 0.25) is 0 Å². The second kappa shape index (κ2) is 6.52. The van der Waals surface area contributed by atoms with Gasteiger partial charge < -0.3 is 9.32 Å². The summed E-state index contributed by atoms with van der Waals surface area (Å²) in [5, 5.41) is 0. The SMILES string of the molecule is CSCc1ccc(C(=O)N2C[C@H]3CC[C@@H](C2)N(CC2CC2)C3)o1. The van der Waals surface area contributed by atoms with Gasteiger partial charge in [-0.05, 0) is 55.9 Å². The zero-order chi connectivity index (χ0) is 15.8. The summed E-state index contributed by atoms with van der Waals surface area (Å²) in [7, 11) is 0. The van der Waals surface area contributed by atoms with E-state index in [4.69, 9.17) is 4.42 Å². The Labute approximate surface area is 142 Å². The van der Waals surface area contributed by atoms with Crippen LogP contribution in [0.25, 0.3) is 0 Å². The Kier molecular flexibility index (Phi) is 4.41. The van der Waals surface area contributed by atoms with Gasteiger partial charge in [-0.1, -0.05) is 0 Å². The van der Waals surface area contributed by atoms with Crippen molar-refractivity contribution in [2.45, 2.75) is 37.5 Å². The largest absolute Gasteiger partial charge is 0.455 e. The predicted molar refractivity (Wildman–Crippen MR) is 92.6 cm³/mol. The molecule has 0 radical (unpaired) electrons. The van der Waals surface area contributed by atoms with Gasteiger partial charge in [0.05, 0.1) is 5.75 Å². The third kappa shape index (κ3) is 3.45. The average Bonchev–Trinajstić information content (AvgIpc) is 3.31. The summed E-state index contributed by atoms with van der Waals surface area (Å²) < 4.78 is 5.75. The van der Waals surface area contributed by atoms with Gasteiger partial charge in [-0.3, -0.25) is 9.69 Å². The van der Waals surface area contributed by atoms with E-state index in [1.807, 2.05) is 18.4 Å². The Hall–Kier alpha value is -0.940. The summed E-state index contributed by atoms with van der Waals surface area (Å²) in [6, 6.07) is 4.34. The lowest BCUT2D eigenvalue weighted by Gasteiger charge is -2.36. The summed E-state index contributed by atoms with van der Waals surface area (Å²) >= 11 is 1.72. The third-order valence-corrected chi connectivity index (χ3v) is 6.04. The van der Waals surface area contributed by atoms with Crippen LogP contribution in [0.5, 0.6) is 0 Å². The minimum Gasteiger partial charge on any atom is -0.455 e. The quantitative estimate of drug-likeness (QED) is 0.829. The number of furan rings is 1. The molecule has 4 heterocycles. The Balaban J connectivity index is 1.45. The zero-order valence-electron chi connectivity index (χ0n) is 13.9. The van der Waals surface area contributed by atoms with Crippen LogP contribution in [0.3, 0.4) is 0 Å². The highest BCUT2D eigenvalue weighted by Crippen LogP contribution is 2.35. The first-order valence-electron chi connectivity index (χ1n) is 8.84. The van der Waals surface area contributed by atoms with E-state index in [1.54, 1.807) is 11.8 Å². The average molecular weight is 334 g/mol. The maximum Gasteiger partial charge on any atom is 0.289 e. The van der Waals surface area contributed by atoms with Crippen molar-refractivity contribution >= 4 is 17.7 Å². The van der Waals surface area contributed by atoms with Crippen molar-refractivity contribution in [1.29, 1.82) is 0 Å². The second-order valence-electron chi connectivity index (χ2n) is 7.40. The van der Waals surface area contributed by atoms with Crippen LogP contribution < -0.4 is 0 Å². The smallest absolute Gasteiger partial charge is 0.289 e. The van der Waals surface area contributed by atoms with Gasteiger partial charge in [-0.2, -0.15) is 11.8 Å². The molecule has 126 valence electrons. The Morgan fingerprint density at radius 3 is 2.87 bits per heavy atom. The molecule has 2 atom stereocenters. The number of rotatable bonds is 5. The van der Waals surface area contributed by atoms with Gasteiger partial charge in [0.1, 0.15) is 5.76 Å². The van der Waals surface area contributed by atoms with Gasteiger partial charge in [-0.15, -0.1) is 0 Å². The van der Waals surface area contributed by atoms with Crippen molar-refractivity contribution in [2.75, 3.05) is 32.4 Å². The lowest BCUT2D eigenvalue weighted by atomic mass is 9.95. The number of nitrogens with zero attached hydrogens (tertiary/aromatic N) is 2. The van der Waals surface area contributed by atoms with Crippen LogP contribution >= 0.6 is 11.8 Å². The van der Waals surface area contributed by atoms with E-state index in [1.165, 1.54) is 38.8 Å². The number of piperidine rings is 1. The molecule has 0 spiro atoms. The number of carbonyl (C=O) groups excluding carboxylic acids is 1. The minimum atomic E-state index is 0.0857. The number of fused-ring (bicyclic) bond motifs is 4. The highest BCUT2D eigenvalue weighted by Gasteiger charge is 2.39. The molecule has 1 aromatic heterocycles. The maximum absolute atomic E-state index is 12.8. The summed E-state index contributed by atoms with van der Waals surface area (Å²) in [6.45, 7) is 4.21. The number of amides is 1.